The van der Waals surface area contributed by atoms with E-state index in [0.717, 1.165) is 31.5 Å². The van der Waals surface area contributed by atoms with Crippen molar-refractivity contribution in [1.82, 2.24) is 4.90 Å². The van der Waals surface area contributed by atoms with E-state index < -0.39 is 6.10 Å². The molecule has 0 aliphatic carbocycles. The summed E-state index contributed by atoms with van der Waals surface area (Å²) >= 11 is 0. The quantitative estimate of drug-likeness (QED) is 0.877. The number of anilines is 1. The molecule has 1 heterocycles. The number of carbonyl (C=O) groups is 1. The van der Waals surface area contributed by atoms with E-state index in [1.165, 1.54) is 12.1 Å². The highest BCUT2D eigenvalue weighted by atomic mass is 19.1. The van der Waals surface area contributed by atoms with Crippen LogP contribution in [0.1, 0.15) is 24.5 Å². The second-order valence-corrected chi connectivity index (χ2v) is 6.53. The fourth-order valence-corrected chi connectivity index (χ4v) is 3.32. The van der Waals surface area contributed by atoms with Crippen LogP contribution in [0.15, 0.2) is 54.6 Å². The zero-order valence-electron chi connectivity index (χ0n) is 14.1. The highest BCUT2D eigenvalue weighted by Gasteiger charge is 2.26. The maximum absolute atomic E-state index is 13.1. The van der Waals surface area contributed by atoms with Gasteiger partial charge in [0.2, 0.25) is 5.91 Å². The van der Waals surface area contributed by atoms with Gasteiger partial charge in [-0.3, -0.25) is 9.69 Å². The van der Waals surface area contributed by atoms with Gasteiger partial charge >= 0.3 is 0 Å². The molecule has 4 nitrogen and oxygen atoms in total. The fraction of sp³-hybridized carbons (Fsp3) is 0.350. The van der Waals surface area contributed by atoms with Crippen LogP contribution in [-0.2, 0) is 4.79 Å². The molecule has 1 atom stereocenters. The first-order valence-electron chi connectivity index (χ1n) is 8.62. The van der Waals surface area contributed by atoms with Crippen molar-refractivity contribution in [3.05, 3.63) is 66.0 Å². The van der Waals surface area contributed by atoms with Gasteiger partial charge in [-0.05, 0) is 55.6 Å². The summed E-state index contributed by atoms with van der Waals surface area (Å²) < 4.78 is 13.1. The van der Waals surface area contributed by atoms with Gasteiger partial charge in [-0.25, -0.2) is 4.39 Å². The van der Waals surface area contributed by atoms with Gasteiger partial charge in [0, 0.05) is 5.69 Å². The smallest absolute Gasteiger partial charge is 0.238 e. The van der Waals surface area contributed by atoms with Crippen molar-refractivity contribution in [3.63, 3.8) is 0 Å². The topological polar surface area (TPSA) is 52.6 Å². The number of piperidine rings is 1. The highest BCUT2D eigenvalue weighted by Crippen LogP contribution is 2.30. The molecule has 2 aromatic carbocycles. The average molecular weight is 342 g/mol. The molecule has 1 saturated heterocycles. The van der Waals surface area contributed by atoms with Gasteiger partial charge in [-0.15, -0.1) is 0 Å². The van der Waals surface area contributed by atoms with Crippen molar-refractivity contribution in [3.8, 4) is 0 Å². The Labute approximate surface area is 147 Å². The largest absolute Gasteiger partial charge is 0.388 e. The van der Waals surface area contributed by atoms with E-state index >= 15 is 0 Å². The monoisotopic (exact) mass is 342 g/mol. The van der Waals surface area contributed by atoms with Crippen molar-refractivity contribution in [2.24, 2.45) is 5.92 Å². The number of amides is 1. The summed E-state index contributed by atoms with van der Waals surface area (Å²) in [5, 5.41) is 13.2. The number of halogens is 1. The SMILES string of the molecule is O=C(CN1CCC([C@H](O)c2ccccc2)CC1)Nc1cccc(F)c1. The number of rotatable bonds is 5. The maximum Gasteiger partial charge on any atom is 0.238 e. The molecule has 1 aliphatic rings. The zero-order valence-corrected chi connectivity index (χ0v) is 14.1. The van der Waals surface area contributed by atoms with Gasteiger partial charge in [-0.2, -0.15) is 0 Å². The predicted molar refractivity (Wildman–Crippen MR) is 95.6 cm³/mol. The third kappa shape index (κ3) is 4.87. The van der Waals surface area contributed by atoms with E-state index in [9.17, 15) is 14.3 Å². The van der Waals surface area contributed by atoms with Gasteiger partial charge in [0.25, 0.3) is 0 Å². The molecule has 0 aromatic heterocycles. The average Bonchev–Trinajstić information content (AvgIpc) is 2.62. The Morgan fingerprint density at radius 1 is 1.16 bits per heavy atom. The van der Waals surface area contributed by atoms with Crippen LogP contribution in [0.2, 0.25) is 0 Å². The van der Waals surface area contributed by atoms with Crippen LogP contribution in [0, 0.1) is 11.7 Å². The minimum Gasteiger partial charge on any atom is -0.388 e. The predicted octanol–water partition coefficient (Wildman–Crippen LogP) is 3.21. The van der Waals surface area contributed by atoms with E-state index in [1.54, 1.807) is 12.1 Å². The summed E-state index contributed by atoms with van der Waals surface area (Å²) in [5.74, 6) is -0.300. The summed E-state index contributed by atoms with van der Waals surface area (Å²) in [7, 11) is 0. The first kappa shape index (κ1) is 17.6. The molecule has 1 fully saturated rings. The first-order valence-corrected chi connectivity index (χ1v) is 8.62. The van der Waals surface area contributed by atoms with Crippen LogP contribution >= 0.6 is 0 Å². The van der Waals surface area contributed by atoms with E-state index in [2.05, 4.69) is 10.2 Å². The van der Waals surface area contributed by atoms with Gasteiger partial charge in [0.05, 0.1) is 12.6 Å². The maximum atomic E-state index is 13.1. The lowest BCUT2D eigenvalue weighted by Crippen LogP contribution is -2.40. The summed E-state index contributed by atoms with van der Waals surface area (Å²) in [6, 6.07) is 15.6. The van der Waals surface area contributed by atoms with Crippen LogP contribution in [-0.4, -0.2) is 35.5 Å². The molecule has 0 unspecified atom stereocenters. The summed E-state index contributed by atoms with van der Waals surface area (Å²) in [4.78, 5) is 14.2. The van der Waals surface area contributed by atoms with Gasteiger partial charge < -0.3 is 10.4 Å². The van der Waals surface area contributed by atoms with Gasteiger partial charge in [-0.1, -0.05) is 36.4 Å². The molecule has 0 saturated carbocycles. The van der Waals surface area contributed by atoms with Crippen molar-refractivity contribution >= 4 is 11.6 Å². The Bertz CT molecular complexity index is 700. The molecule has 0 bridgehead atoms. The summed E-state index contributed by atoms with van der Waals surface area (Å²) in [6.07, 6.45) is 1.25. The number of aliphatic hydroxyl groups is 1. The Morgan fingerprint density at radius 3 is 2.56 bits per heavy atom. The highest BCUT2D eigenvalue weighted by molar-refractivity contribution is 5.92. The first-order chi connectivity index (χ1) is 12.1. The normalized spacial score (nSPS) is 17.2. The molecule has 0 spiro atoms. The number of aliphatic hydroxyl groups excluding tert-OH is 1. The number of nitrogens with one attached hydrogen (secondary N) is 1. The van der Waals surface area contributed by atoms with Crippen molar-refractivity contribution in [2.45, 2.75) is 18.9 Å². The Balaban J connectivity index is 1.47. The Morgan fingerprint density at radius 2 is 1.88 bits per heavy atom. The van der Waals surface area contributed by atoms with E-state index in [1.807, 2.05) is 30.3 Å². The number of nitrogens with zero attached hydrogens (tertiary/aromatic N) is 1. The lowest BCUT2D eigenvalue weighted by Gasteiger charge is -2.34. The molecular weight excluding hydrogens is 319 g/mol. The molecule has 25 heavy (non-hydrogen) atoms. The minimum atomic E-state index is -0.454. The van der Waals surface area contributed by atoms with Crippen LogP contribution in [0.4, 0.5) is 10.1 Å². The Kier molecular flexibility index (Phi) is 5.79. The molecular formula is C20H23FN2O2. The standard InChI is InChI=1S/C20H23FN2O2/c21-17-7-4-8-18(13-17)22-19(24)14-23-11-9-16(10-12-23)20(25)15-5-2-1-3-6-15/h1-8,13,16,20,25H,9-12,14H2,(H,22,24)/t20-/m1/s1. The Hall–Kier alpha value is -2.24. The van der Waals surface area contributed by atoms with E-state index in [0.29, 0.717) is 5.69 Å². The summed E-state index contributed by atoms with van der Waals surface area (Å²) in [6.45, 7) is 1.82. The van der Waals surface area contributed by atoms with E-state index in [4.69, 9.17) is 0 Å². The molecule has 1 amide bonds. The molecule has 1 aliphatic heterocycles. The third-order valence-electron chi connectivity index (χ3n) is 4.70. The van der Waals surface area contributed by atoms with Gasteiger partial charge in [0.15, 0.2) is 0 Å². The second-order valence-electron chi connectivity index (χ2n) is 6.53. The second kappa shape index (κ2) is 8.23. The number of hydrogen-bond donors (Lipinski definition) is 2. The van der Waals surface area contributed by atoms with Crippen LogP contribution in [0.3, 0.4) is 0 Å². The van der Waals surface area contributed by atoms with Crippen LogP contribution in [0.5, 0.6) is 0 Å². The van der Waals surface area contributed by atoms with Crippen molar-refractivity contribution in [2.75, 3.05) is 25.0 Å². The third-order valence-corrected chi connectivity index (χ3v) is 4.70. The number of hydrogen-bond acceptors (Lipinski definition) is 3. The summed E-state index contributed by atoms with van der Waals surface area (Å²) in [5.41, 5.74) is 1.42. The lowest BCUT2D eigenvalue weighted by atomic mass is 9.87. The molecule has 132 valence electrons. The molecule has 2 aromatic rings. The lowest BCUT2D eigenvalue weighted by molar-refractivity contribution is -0.117. The molecule has 2 N–H and O–H groups in total. The molecule has 0 radical (unpaired) electrons. The van der Waals surface area contributed by atoms with Crippen LogP contribution in [0.25, 0.3) is 0 Å². The van der Waals surface area contributed by atoms with Crippen molar-refractivity contribution < 1.29 is 14.3 Å². The number of likely N-dealkylation sites (tertiary alicyclic amines) is 1. The fourth-order valence-electron chi connectivity index (χ4n) is 3.32. The number of carbonyl (C=O) groups excluding carboxylic acids is 1. The minimum absolute atomic E-state index is 0.146. The van der Waals surface area contributed by atoms with Crippen molar-refractivity contribution in [1.29, 1.82) is 0 Å². The molecule has 5 heteroatoms. The van der Waals surface area contributed by atoms with Gasteiger partial charge in [0.1, 0.15) is 5.82 Å². The van der Waals surface area contributed by atoms with E-state index in [-0.39, 0.29) is 24.2 Å². The molecule has 3 rings (SSSR count). The number of benzene rings is 2. The zero-order chi connectivity index (χ0) is 17.6. The van der Waals surface area contributed by atoms with Crippen LogP contribution < -0.4 is 5.32 Å².